The summed E-state index contributed by atoms with van der Waals surface area (Å²) in [5, 5.41) is 10.6. The average Bonchev–Trinajstić information content (AvgIpc) is 2.84. The van der Waals surface area contributed by atoms with Crippen LogP contribution in [0.1, 0.15) is 46.5 Å². The Hall–Kier alpha value is 0.0569. The highest BCUT2D eigenvalue weighted by Gasteiger charge is 2.58. The number of aliphatic hydroxyl groups excluding tert-OH is 1. The predicted octanol–water partition coefficient (Wildman–Crippen LogP) is 3.05. The molecule has 0 radical (unpaired) electrons. The Bertz CT molecular complexity index is 352. The molecule has 0 amide bonds. The van der Waals surface area contributed by atoms with Crippen molar-refractivity contribution in [1.29, 1.82) is 0 Å². The molecule has 0 aromatic carbocycles. The molecule has 1 aliphatic carbocycles. The first-order chi connectivity index (χ1) is 9.12. The summed E-state index contributed by atoms with van der Waals surface area (Å²) in [7, 11) is -0.223. The zero-order valence-corrected chi connectivity index (χ0v) is 14.7. The topological polar surface area (TPSA) is 47.9 Å². The van der Waals surface area contributed by atoms with E-state index in [4.69, 9.17) is 13.9 Å². The molecule has 4 nitrogen and oxygen atoms in total. The summed E-state index contributed by atoms with van der Waals surface area (Å²) in [6.45, 7) is 11.2. The fourth-order valence-electron chi connectivity index (χ4n) is 3.07. The summed E-state index contributed by atoms with van der Waals surface area (Å²) >= 11 is 0. The molecule has 0 aromatic rings. The standard InChI is InChI=1S/C15H30O4Si/c1-14(2,3)20(5,6)19-12-8-7-9-15(12)11(16)10-13(17-4)18-15/h11-13,16H,7-10H2,1-6H3/t11-,12-,13-,15+/m0/s1. The van der Waals surface area contributed by atoms with Gasteiger partial charge in [-0.25, -0.2) is 0 Å². The van der Waals surface area contributed by atoms with E-state index in [9.17, 15) is 5.11 Å². The lowest BCUT2D eigenvalue weighted by atomic mass is 9.93. The fourth-order valence-corrected chi connectivity index (χ4v) is 4.46. The van der Waals surface area contributed by atoms with Crippen LogP contribution in [0.4, 0.5) is 0 Å². The minimum atomic E-state index is -1.86. The molecule has 1 saturated carbocycles. The smallest absolute Gasteiger partial charge is 0.192 e. The van der Waals surface area contributed by atoms with Crippen LogP contribution in [0.3, 0.4) is 0 Å². The van der Waals surface area contributed by atoms with E-state index >= 15 is 0 Å². The Kier molecular flexibility index (Phi) is 4.40. The molecule has 1 heterocycles. The maximum Gasteiger partial charge on any atom is 0.192 e. The van der Waals surface area contributed by atoms with Crippen molar-refractivity contribution in [1.82, 2.24) is 0 Å². The van der Waals surface area contributed by atoms with Crippen molar-refractivity contribution in [3.63, 3.8) is 0 Å². The fraction of sp³-hybridized carbons (Fsp3) is 1.00. The second-order valence-electron chi connectivity index (χ2n) is 7.75. The zero-order chi connectivity index (χ0) is 15.2. The lowest BCUT2D eigenvalue weighted by Gasteiger charge is -2.43. The van der Waals surface area contributed by atoms with Gasteiger partial charge in [0.1, 0.15) is 5.60 Å². The van der Waals surface area contributed by atoms with Gasteiger partial charge in [-0.2, -0.15) is 0 Å². The summed E-state index contributed by atoms with van der Waals surface area (Å²) in [6, 6.07) is 0. The number of rotatable bonds is 3. The van der Waals surface area contributed by atoms with Gasteiger partial charge < -0.3 is 19.0 Å². The first kappa shape index (κ1) is 16.4. The lowest BCUT2D eigenvalue weighted by Crippen LogP contribution is -2.54. The number of aliphatic hydroxyl groups is 1. The molecule has 118 valence electrons. The van der Waals surface area contributed by atoms with Gasteiger partial charge in [-0.1, -0.05) is 20.8 Å². The van der Waals surface area contributed by atoms with Crippen LogP contribution in [0.25, 0.3) is 0 Å². The van der Waals surface area contributed by atoms with E-state index < -0.39 is 20.0 Å². The highest BCUT2D eigenvalue weighted by molar-refractivity contribution is 6.74. The van der Waals surface area contributed by atoms with E-state index in [2.05, 4.69) is 33.9 Å². The monoisotopic (exact) mass is 302 g/mol. The predicted molar refractivity (Wildman–Crippen MR) is 81.2 cm³/mol. The Labute approximate surface area is 123 Å². The van der Waals surface area contributed by atoms with Crippen molar-refractivity contribution in [2.24, 2.45) is 0 Å². The number of hydrogen-bond donors (Lipinski definition) is 1. The Morgan fingerprint density at radius 1 is 1.30 bits per heavy atom. The summed E-state index contributed by atoms with van der Waals surface area (Å²) in [4.78, 5) is 0. The number of methoxy groups -OCH3 is 1. The summed E-state index contributed by atoms with van der Waals surface area (Å²) in [5.74, 6) is 0. The van der Waals surface area contributed by atoms with E-state index in [1.807, 2.05) is 0 Å². The van der Waals surface area contributed by atoms with Crippen molar-refractivity contribution in [2.45, 2.75) is 88.7 Å². The van der Waals surface area contributed by atoms with Gasteiger partial charge in [0.2, 0.25) is 0 Å². The second-order valence-corrected chi connectivity index (χ2v) is 12.5. The van der Waals surface area contributed by atoms with Gasteiger partial charge >= 0.3 is 0 Å². The third kappa shape index (κ3) is 2.71. The molecule has 1 aliphatic heterocycles. The van der Waals surface area contributed by atoms with Gasteiger partial charge in [0, 0.05) is 13.5 Å². The first-order valence-corrected chi connectivity index (χ1v) is 10.6. The van der Waals surface area contributed by atoms with Crippen LogP contribution >= 0.6 is 0 Å². The lowest BCUT2D eigenvalue weighted by molar-refractivity contribution is -0.189. The minimum absolute atomic E-state index is 0.00135. The minimum Gasteiger partial charge on any atom is -0.411 e. The van der Waals surface area contributed by atoms with Crippen molar-refractivity contribution in [3.8, 4) is 0 Å². The quantitative estimate of drug-likeness (QED) is 0.814. The normalized spacial score (nSPS) is 38.9. The van der Waals surface area contributed by atoms with Crippen LogP contribution in [0, 0.1) is 0 Å². The highest BCUT2D eigenvalue weighted by Crippen LogP contribution is 2.48. The molecule has 1 N–H and O–H groups in total. The van der Waals surface area contributed by atoms with Gasteiger partial charge in [0.15, 0.2) is 14.6 Å². The van der Waals surface area contributed by atoms with Crippen molar-refractivity contribution >= 4 is 8.32 Å². The molecule has 2 fully saturated rings. The zero-order valence-electron chi connectivity index (χ0n) is 13.7. The van der Waals surface area contributed by atoms with Crippen LogP contribution in [0.2, 0.25) is 18.1 Å². The maximum atomic E-state index is 10.5. The second kappa shape index (κ2) is 5.36. The summed E-state index contributed by atoms with van der Waals surface area (Å²) < 4.78 is 17.9. The Morgan fingerprint density at radius 3 is 2.45 bits per heavy atom. The SMILES string of the molecule is CO[C@@H]1C[C@H](O)[C@@]2(CCC[C@@H]2O[Si](C)(C)C(C)(C)C)O1. The number of ether oxygens (including phenoxy) is 2. The van der Waals surface area contributed by atoms with Gasteiger partial charge in [0.05, 0.1) is 12.2 Å². The Balaban J connectivity index is 2.16. The van der Waals surface area contributed by atoms with Crippen LogP contribution < -0.4 is 0 Å². The van der Waals surface area contributed by atoms with Crippen molar-refractivity contribution < 1.29 is 19.0 Å². The third-order valence-corrected chi connectivity index (χ3v) is 9.90. The van der Waals surface area contributed by atoms with E-state index in [0.29, 0.717) is 6.42 Å². The largest absolute Gasteiger partial charge is 0.411 e. The van der Waals surface area contributed by atoms with Crippen LogP contribution in [-0.4, -0.2) is 44.6 Å². The highest BCUT2D eigenvalue weighted by atomic mass is 28.4. The van der Waals surface area contributed by atoms with E-state index in [1.165, 1.54) is 0 Å². The van der Waals surface area contributed by atoms with Crippen molar-refractivity contribution in [2.75, 3.05) is 7.11 Å². The van der Waals surface area contributed by atoms with Gasteiger partial charge in [0.25, 0.3) is 0 Å². The molecule has 4 atom stereocenters. The molecule has 20 heavy (non-hydrogen) atoms. The molecular weight excluding hydrogens is 272 g/mol. The average molecular weight is 302 g/mol. The molecule has 1 spiro atoms. The van der Waals surface area contributed by atoms with E-state index in [0.717, 1.165) is 19.3 Å². The maximum absolute atomic E-state index is 10.5. The molecule has 0 bridgehead atoms. The van der Waals surface area contributed by atoms with Gasteiger partial charge in [-0.05, 0) is 37.4 Å². The molecule has 0 unspecified atom stereocenters. The van der Waals surface area contributed by atoms with Gasteiger partial charge in [-0.15, -0.1) is 0 Å². The Morgan fingerprint density at radius 2 is 1.95 bits per heavy atom. The molecule has 2 aliphatic rings. The summed E-state index contributed by atoms with van der Waals surface area (Å²) in [6.07, 6.45) is 2.66. The van der Waals surface area contributed by atoms with Crippen LogP contribution in [-0.2, 0) is 13.9 Å². The molecule has 0 aromatic heterocycles. The first-order valence-electron chi connectivity index (χ1n) is 7.69. The molecular formula is C15H30O4Si. The molecule has 1 saturated heterocycles. The van der Waals surface area contributed by atoms with Crippen molar-refractivity contribution in [3.05, 3.63) is 0 Å². The molecule has 5 heteroatoms. The van der Waals surface area contributed by atoms with E-state index in [-0.39, 0.29) is 17.4 Å². The van der Waals surface area contributed by atoms with Crippen LogP contribution in [0.5, 0.6) is 0 Å². The third-order valence-electron chi connectivity index (χ3n) is 5.42. The number of hydrogen-bond acceptors (Lipinski definition) is 4. The molecule has 2 rings (SSSR count). The van der Waals surface area contributed by atoms with E-state index in [1.54, 1.807) is 7.11 Å². The summed E-state index contributed by atoms with van der Waals surface area (Å²) in [5.41, 5.74) is -0.545. The van der Waals surface area contributed by atoms with Gasteiger partial charge in [-0.3, -0.25) is 0 Å². The van der Waals surface area contributed by atoms with Crippen LogP contribution in [0.15, 0.2) is 0 Å².